The normalized spacial score (nSPS) is 18.1. The number of nitrogens with zero attached hydrogens (tertiary/aromatic N) is 1. The molecule has 0 aliphatic heterocycles. The van der Waals surface area contributed by atoms with E-state index in [4.69, 9.17) is 12.2 Å². The molecule has 0 amide bonds. The summed E-state index contributed by atoms with van der Waals surface area (Å²) < 4.78 is 0. The fraction of sp³-hybridized carbons (Fsp3) is 0.667. The molecule has 1 fully saturated rings. The van der Waals surface area contributed by atoms with E-state index in [1.807, 2.05) is 0 Å². The first-order valence-corrected chi connectivity index (χ1v) is 4.30. The largest absolute Gasteiger partial charge is 0.370 e. The third-order valence-electron chi connectivity index (χ3n) is 2.12. The van der Waals surface area contributed by atoms with Gasteiger partial charge in [-0.2, -0.15) is 0 Å². The fourth-order valence-corrected chi connectivity index (χ4v) is 1.10. The molecule has 0 atom stereocenters. The molecule has 0 heterocycles. The maximum Gasteiger partial charge on any atom is 0.189 e. The van der Waals surface area contributed by atoms with Crippen LogP contribution < -0.4 is 11.1 Å². The number of nitrogens with two attached hydrogens (primary N) is 1. The number of nitrogens with one attached hydrogen (secondary N) is 1. The minimum Gasteiger partial charge on any atom is -0.370 e. The Bertz CT molecular complexity index is 198. The first-order chi connectivity index (χ1) is 5.83. The zero-order chi connectivity index (χ0) is 8.81. The molecule has 3 nitrogen and oxygen atoms in total. The fourth-order valence-electron chi connectivity index (χ4n) is 1.10. The summed E-state index contributed by atoms with van der Waals surface area (Å²) in [5.74, 6) is 3.67. The van der Waals surface area contributed by atoms with Crippen LogP contribution in [0.15, 0.2) is 4.99 Å². The molecule has 0 aromatic rings. The zero-order valence-electron chi connectivity index (χ0n) is 7.21. The second-order valence-corrected chi connectivity index (χ2v) is 3.08. The standard InChI is InChI=1S/C9H15N3/c1-2-6-11-9(10)12-7-8-4-3-5-8/h1,8H,3-7H2,(H3,10,11,12). The molecule has 0 spiro atoms. The summed E-state index contributed by atoms with van der Waals surface area (Å²) in [6, 6.07) is 0. The van der Waals surface area contributed by atoms with Crippen molar-refractivity contribution >= 4 is 5.96 Å². The second kappa shape index (κ2) is 4.66. The molecule has 66 valence electrons. The van der Waals surface area contributed by atoms with Crippen molar-refractivity contribution in [2.45, 2.75) is 19.3 Å². The second-order valence-electron chi connectivity index (χ2n) is 3.08. The van der Waals surface area contributed by atoms with E-state index in [9.17, 15) is 0 Å². The summed E-state index contributed by atoms with van der Waals surface area (Å²) in [7, 11) is 0. The van der Waals surface area contributed by atoms with Crippen LogP contribution in [0.1, 0.15) is 19.3 Å². The molecule has 0 aromatic heterocycles. The van der Waals surface area contributed by atoms with Crippen molar-refractivity contribution in [1.82, 2.24) is 5.32 Å². The summed E-state index contributed by atoms with van der Waals surface area (Å²) in [6.45, 7) is 1.31. The zero-order valence-corrected chi connectivity index (χ0v) is 7.21. The van der Waals surface area contributed by atoms with Crippen molar-refractivity contribution in [3.8, 4) is 12.3 Å². The van der Waals surface area contributed by atoms with Crippen LogP contribution in [0.4, 0.5) is 0 Å². The van der Waals surface area contributed by atoms with Crippen LogP contribution in [-0.2, 0) is 0 Å². The highest BCUT2D eigenvalue weighted by molar-refractivity contribution is 5.78. The van der Waals surface area contributed by atoms with Crippen molar-refractivity contribution in [2.75, 3.05) is 13.1 Å². The maximum absolute atomic E-state index is 5.53. The average molecular weight is 165 g/mol. The Labute approximate surface area is 73.4 Å². The highest BCUT2D eigenvalue weighted by Crippen LogP contribution is 2.25. The molecule has 1 rings (SSSR count). The topological polar surface area (TPSA) is 50.4 Å². The molecule has 1 aliphatic carbocycles. The molecule has 0 unspecified atom stereocenters. The first-order valence-electron chi connectivity index (χ1n) is 4.30. The number of hydrogen-bond donors (Lipinski definition) is 2. The minimum atomic E-state index is 0.458. The van der Waals surface area contributed by atoms with Crippen LogP contribution in [0.5, 0.6) is 0 Å². The number of hydrogen-bond acceptors (Lipinski definition) is 1. The van der Waals surface area contributed by atoms with Crippen LogP contribution >= 0.6 is 0 Å². The van der Waals surface area contributed by atoms with Gasteiger partial charge in [-0.25, -0.2) is 0 Å². The van der Waals surface area contributed by atoms with E-state index < -0.39 is 0 Å². The van der Waals surface area contributed by atoms with Crippen LogP contribution in [0.3, 0.4) is 0 Å². The summed E-state index contributed by atoms with van der Waals surface area (Å²) in [6.07, 6.45) is 8.99. The smallest absolute Gasteiger partial charge is 0.189 e. The van der Waals surface area contributed by atoms with Gasteiger partial charge in [0.15, 0.2) is 5.96 Å². The molecule has 0 bridgehead atoms. The predicted molar refractivity (Wildman–Crippen MR) is 50.7 cm³/mol. The third-order valence-corrected chi connectivity index (χ3v) is 2.12. The van der Waals surface area contributed by atoms with Crippen molar-refractivity contribution in [2.24, 2.45) is 16.6 Å². The molecular weight excluding hydrogens is 150 g/mol. The van der Waals surface area contributed by atoms with Crippen molar-refractivity contribution in [1.29, 1.82) is 0 Å². The quantitative estimate of drug-likeness (QED) is 0.359. The minimum absolute atomic E-state index is 0.458. The Morgan fingerprint density at radius 1 is 1.67 bits per heavy atom. The Kier molecular flexibility index (Phi) is 3.46. The molecule has 1 saturated carbocycles. The lowest BCUT2D eigenvalue weighted by Crippen LogP contribution is -2.32. The Balaban J connectivity index is 2.12. The molecule has 3 heteroatoms. The summed E-state index contributed by atoms with van der Waals surface area (Å²) in [4.78, 5) is 4.17. The number of terminal acetylenes is 1. The van der Waals surface area contributed by atoms with Crippen molar-refractivity contribution < 1.29 is 0 Å². The first kappa shape index (κ1) is 8.92. The number of rotatable bonds is 3. The van der Waals surface area contributed by atoms with E-state index in [1.54, 1.807) is 0 Å². The monoisotopic (exact) mass is 165 g/mol. The average Bonchev–Trinajstić information content (AvgIpc) is 1.98. The number of aliphatic imine (C=N–C) groups is 1. The Morgan fingerprint density at radius 2 is 2.42 bits per heavy atom. The van der Waals surface area contributed by atoms with E-state index in [2.05, 4.69) is 16.2 Å². The van der Waals surface area contributed by atoms with E-state index in [0.29, 0.717) is 12.5 Å². The van der Waals surface area contributed by atoms with Gasteiger partial charge in [0.25, 0.3) is 0 Å². The molecule has 0 saturated heterocycles. The van der Waals surface area contributed by atoms with E-state index in [-0.39, 0.29) is 0 Å². The molecule has 0 radical (unpaired) electrons. The lowest BCUT2D eigenvalue weighted by molar-refractivity contribution is 0.326. The third kappa shape index (κ3) is 2.83. The van der Waals surface area contributed by atoms with E-state index in [1.165, 1.54) is 19.3 Å². The van der Waals surface area contributed by atoms with Crippen molar-refractivity contribution in [3.05, 3.63) is 0 Å². The van der Waals surface area contributed by atoms with Crippen LogP contribution in [0, 0.1) is 18.3 Å². The summed E-state index contributed by atoms with van der Waals surface area (Å²) in [5.41, 5.74) is 5.53. The Morgan fingerprint density at radius 3 is 2.92 bits per heavy atom. The van der Waals surface area contributed by atoms with Gasteiger partial charge in [-0.3, -0.25) is 4.99 Å². The molecule has 0 aromatic carbocycles. The van der Waals surface area contributed by atoms with Crippen LogP contribution in [-0.4, -0.2) is 19.0 Å². The van der Waals surface area contributed by atoms with E-state index >= 15 is 0 Å². The van der Waals surface area contributed by atoms with Gasteiger partial charge in [-0.1, -0.05) is 12.3 Å². The summed E-state index contributed by atoms with van der Waals surface area (Å²) >= 11 is 0. The van der Waals surface area contributed by atoms with Gasteiger partial charge in [0.2, 0.25) is 0 Å². The lowest BCUT2D eigenvalue weighted by atomic mass is 9.86. The maximum atomic E-state index is 5.53. The van der Waals surface area contributed by atoms with Gasteiger partial charge in [0.05, 0.1) is 6.54 Å². The van der Waals surface area contributed by atoms with Gasteiger partial charge >= 0.3 is 0 Å². The SMILES string of the molecule is C#CCNC(N)=NCC1CCC1. The van der Waals surface area contributed by atoms with Crippen LogP contribution in [0.25, 0.3) is 0 Å². The van der Waals surface area contributed by atoms with Gasteiger partial charge in [-0.05, 0) is 18.8 Å². The van der Waals surface area contributed by atoms with Crippen molar-refractivity contribution in [3.63, 3.8) is 0 Å². The molecule has 3 N–H and O–H groups in total. The van der Waals surface area contributed by atoms with Crippen LogP contribution in [0.2, 0.25) is 0 Å². The molecule has 12 heavy (non-hydrogen) atoms. The lowest BCUT2D eigenvalue weighted by Gasteiger charge is -2.23. The Hall–Kier alpha value is -1.17. The number of guanidine groups is 1. The van der Waals surface area contributed by atoms with Gasteiger partial charge in [0, 0.05) is 6.54 Å². The predicted octanol–water partition coefficient (Wildman–Crippen LogP) is 0.324. The molecular formula is C9H15N3. The van der Waals surface area contributed by atoms with Gasteiger partial charge in [-0.15, -0.1) is 6.42 Å². The highest BCUT2D eigenvalue weighted by Gasteiger charge is 2.16. The summed E-state index contributed by atoms with van der Waals surface area (Å²) in [5, 5.41) is 2.83. The van der Waals surface area contributed by atoms with Gasteiger partial charge < -0.3 is 11.1 Å². The molecule has 1 aliphatic rings. The van der Waals surface area contributed by atoms with Gasteiger partial charge in [0.1, 0.15) is 0 Å². The highest BCUT2D eigenvalue weighted by atomic mass is 15.1. The van der Waals surface area contributed by atoms with E-state index in [0.717, 1.165) is 12.5 Å².